The maximum Gasteiger partial charge on any atom is 0.258 e. The van der Waals surface area contributed by atoms with E-state index in [0.717, 1.165) is 23.4 Å². The minimum Gasteiger partial charge on any atom is -0.296 e. The molecule has 1 heterocycles. The number of benzene rings is 2. The van der Waals surface area contributed by atoms with Crippen LogP contribution in [0.1, 0.15) is 34.1 Å². The number of aromatic nitrogens is 2. The van der Waals surface area contributed by atoms with Gasteiger partial charge in [0.2, 0.25) is 5.13 Å². The zero-order valence-corrected chi connectivity index (χ0v) is 13.5. The van der Waals surface area contributed by atoms with Crippen molar-refractivity contribution >= 4 is 22.4 Å². The molecule has 0 radical (unpaired) electrons. The van der Waals surface area contributed by atoms with Gasteiger partial charge in [-0.25, -0.2) is 4.39 Å². The van der Waals surface area contributed by atoms with Gasteiger partial charge in [-0.2, -0.15) is 0 Å². The Morgan fingerprint density at radius 1 is 1.12 bits per heavy atom. The fraction of sp³-hybridized carbons (Fsp3) is 0.167. The maximum atomic E-state index is 13.7. The predicted octanol–water partition coefficient (Wildman–Crippen LogP) is 4.47. The van der Waals surface area contributed by atoms with Crippen molar-refractivity contribution in [1.82, 2.24) is 10.2 Å². The molecule has 0 saturated heterocycles. The van der Waals surface area contributed by atoms with Crippen molar-refractivity contribution < 1.29 is 9.18 Å². The molecule has 1 aromatic heterocycles. The molecular formula is C18H14FN3OS. The van der Waals surface area contributed by atoms with Crippen molar-refractivity contribution in [3.05, 3.63) is 64.9 Å². The van der Waals surface area contributed by atoms with E-state index < -0.39 is 5.82 Å². The van der Waals surface area contributed by atoms with Crippen molar-refractivity contribution in [1.29, 1.82) is 0 Å². The normalized spacial score (nSPS) is 13.7. The van der Waals surface area contributed by atoms with Crippen LogP contribution >= 0.6 is 11.3 Å². The van der Waals surface area contributed by atoms with Crippen LogP contribution in [0.25, 0.3) is 11.1 Å². The Morgan fingerprint density at radius 2 is 1.92 bits per heavy atom. The average molecular weight is 339 g/mol. The lowest BCUT2D eigenvalue weighted by Gasteiger charge is -2.09. The smallest absolute Gasteiger partial charge is 0.258 e. The summed E-state index contributed by atoms with van der Waals surface area (Å²) in [6, 6.07) is 13.7. The molecule has 6 heteroatoms. The summed E-state index contributed by atoms with van der Waals surface area (Å²) in [6.07, 6.45) is 2.26. The fourth-order valence-corrected chi connectivity index (χ4v) is 3.43. The molecule has 1 amide bonds. The Kier molecular flexibility index (Phi) is 3.82. The fourth-order valence-electron chi connectivity index (χ4n) is 2.52. The van der Waals surface area contributed by atoms with E-state index in [9.17, 15) is 9.18 Å². The topological polar surface area (TPSA) is 54.9 Å². The molecule has 0 aliphatic heterocycles. The van der Waals surface area contributed by atoms with Gasteiger partial charge in [0.1, 0.15) is 10.8 Å². The first-order valence-corrected chi connectivity index (χ1v) is 8.52. The van der Waals surface area contributed by atoms with E-state index in [0.29, 0.717) is 16.6 Å². The Bertz CT molecular complexity index is 890. The van der Waals surface area contributed by atoms with E-state index in [1.807, 2.05) is 30.3 Å². The summed E-state index contributed by atoms with van der Waals surface area (Å²) in [5, 5.41) is 12.3. The van der Waals surface area contributed by atoms with Gasteiger partial charge in [-0.3, -0.25) is 10.1 Å². The lowest BCUT2D eigenvalue weighted by Crippen LogP contribution is -2.13. The largest absolute Gasteiger partial charge is 0.296 e. The highest BCUT2D eigenvalue weighted by atomic mass is 32.1. The highest BCUT2D eigenvalue weighted by molar-refractivity contribution is 7.15. The molecule has 1 N–H and O–H groups in total. The van der Waals surface area contributed by atoms with E-state index in [1.54, 1.807) is 6.07 Å². The summed E-state index contributed by atoms with van der Waals surface area (Å²) in [4.78, 5) is 12.6. The lowest BCUT2D eigenvalue weighted by molar-refractivity contribution is 0.102. The van der Waals surface area contributed by atoms with E-state index >= 15 is 0 Å². The molecule has 0 atom stereocenters. The molecule has 120 valence electrons. The third-order valence-corrected chi connectivity index (χ3v) is 4.90. The van der Waals surface area contributed by atoms with Crippen LogP contribution in [-0.4, -0.2) is 16.1 Å². The highest BCUT2D eigenvalue weighted by Crippen LogP contribution is 2.42. The molecule has 1 aliphatic rings. The highest BCUT2D eigenvalue weighted by Gasteiger charge is 2.28. The maximum absolute atomic E-state index is 13.7. The van der Waals surface area contributed by atoms with Crippen LogP contribution in [0.5, 0.6) is 0 Å². The zero-order valence-electron chi connectivity index (χ0n) is 12.7. The summed E-state index contributed by atoms with van der Waals surface area (Å²) < 4.78 is 13.7. The van der Waals surface area contributed by atoms with Gasteiger partial charge in [0.15, 0.2) is 0 Å². The summed E-state index contributed by atoms with van der Waals surface area (Å²) in [7, 11) is 0. The minimum absolute atomic E-state index is 0.282. The number of nitrogens with zero attached hydrogens (tertiary/aromatic N) is 2. The van der Waals surface area contributed by atoms with Crippen LogP contribution in [0.4, 0.5) is 9.52 Å². The first kappa shape index (κ1) is 15.0. The van der Waals surface area contributed by atoms with Gasteiger partial charge in [0.25, 0.3) is 5.91 Å². The van der Waals surface area contributed by atoms with Crippen molar-refractivity contribution in [3.63, 3.8) is 0 Å². The van der Waals surface area contributed by atoms with Crippen LogP contribution < -0.4 is 5.32 Å². The molecule has 0 bridgehead atoms. The van der Waals surface area contributed by atoms with Crippen LogP contribution in [0.15, 0.2) is 48.5 Å². The minimum atomic E-state index is -0.448. The van der Waals surface area contributed by atoms with Gasteiger partial charge in [0.05, 0.1) is 5.56 Å². The molecule has 0 unspecified atom stereocenters. The SMILES string of the molecule is O=C(Nc1nnc(C2CC2)s1)c1cc(F)ccc1-c1ccccc1. The van der Waals surface area contributed by atoms with Crippen LogP contribution in [0.2, 0.25) is 0 Å². The second kappa shape index (κ2) is 6.13. The molecule has 2 aromatic carbocycles. The summed E-state index contributed by atoms with van der Waals surface area (Å²) in [6.45, 7) is 0. The van der Waals surface area contributed by atoms with Crippen LogP contribution in [0, 0.1) is 5.82 Å². The Morgan fingerprint density at radius 3 is 2.67 bits per heavy atom. The molecule has 24 heavy (non-hydrogen) atoms. The average Bonchev–Trinajstić information content (AvgIpc) is 3.35. The molecule has 0 spiro atoms. The van der Waals surface area contributed by atoms with Gasteiger partial charge in [-0.1, -0.05) is 47.7 Å². The number of halogens is 1. The third-order valence-electron chi connectivity index (χ3n) is 3.90. The van der Waals surface area contributed by atoms with Crippen molar-refractivity contribution in [2.24, 2.45) is 0 Å². The first-order chi connectivity index (χ1) is 11.7. The monoisotopic (exact) mass is 339 g/mol. The van der Waals surface area contributed by atoms with Crippen molar-refractivity contribution in [3.8, 4) is 11.1 Å². The Hall–Kier alpha value is -2.60. The van der Waals surface area contributed by atoms with E-state index in [4.69, 9.17) is 0 Å². The number of amides is 1. The lowest BCUT2D eigenvalue weighted by atomic mass is 9.99. The van der Waals surface area contributed by atoms with Crippen molar-refractivity contribution in [2.75, 3.05) is 5.32 Å². The number of carbonyl (C=O) groups excluding carboxylic acids is 1. The van der Waals surface area contributed by atoms with Gasteiger partial charge in [0, 0.05) is 5.92 Å². The van der Waals surface area contributed by atoms with Gasteiger partial charge in [-0.15, -0.1) is 10.2 Å². The molecule has 1 saturated carbocycles. The first-order valence-electron chi connectivity index (χ1n) is 7.70. The predicted molar refractivity (Wildman–Crippen MR) is 91.7 cm³/mol. The molecular weight excluding hydrogens is 325 g/mol. The Labute approximate surface area is 142 Å². The zero-order chi connectivity index (χ0) is 16.5. The summed E-state index contributed by atoms with van der Waals surface area (Å²) in [5.74, 6) is -0.343. The van der Waals surface area contributed by atoms with E-state index in [2.05, 4.69) is 15.5 Å². The van der Waals surface area contributed by atoms with E-state index in [-0.39, 0.29) is 11.5 Å². The standard InChI is InChI=1S/C18H14FN3OS/c19-13-8-9-14(11-4-2-1-3-5-11)15(10-13)16(23)20-18-22-21-17(24-18)12-6-7-12/h1-5,8-10,12H,6-7H2,(H,20,22,23). The van der Waals surface area contributed by atoms with E-state index in [1.165, 1.54) is 23.5 Å². The van der Waals surface area contributed by atoms with Crippen molar-refractivity contribution in [2.45, 2.75) is 18.8 Å². The van der Waals surface area contributed by atoms with Crippen LogP contribution in [0.3, 0.4) is 0 Å². The molecule has 4 nitrogen and oxygen atoms in total. The number of anilines is 1. The summed E-state index contributed by atoms with van der Waals surface area (Å²) in [5.41, 5.74) is 1.82. The quantitative estimate of drug-likeness (QED) is 0.763. The number of hydrogen-bond acceptors (Lipinski definition) is 4. The molecule has 1 aliphatic carbocycles. The number of hydrogen-bond donors (Lipinski definition) is 1. The molecule has 1 fully saturated rings. The van der Waals surface area contributed by atoms with Gasteiger partial charge in [-0.05, 0) is 36.1 Å². The second-order valence-electron chi connectivity index (χ2n) is 5.73. The third kappa shape index (κ3) is 3.05. The number of rotatable bonds is 4. The van der Waals surface area contributed by atoms with Gasteiger partial charge >= 0.3 is 0 Å². The molecule has 3 aromatic rings. The molecule has 4 rings (SSSR count). The number of nitrogens with one attached hydrogen (secondary N) is 1. The summed E-state index contributed by atoms with van der Waals surface area (Å²) >= 11 is 1.38. The van der Waals surface area contributed by atoms with Gasteiger partial charge < -0.3 is 0 Å². The second-order valence-corrected chi connectivity index (χ2v) is 6.74. The number of carbonyl (C=O) groups is 1. The van der Waals surface area contributed by atoms with Crippen LogP contribution in [-0.2, 0) is 0 Å². The Balaban J connectivity index is 1.64.